The standard InChI is InChI=1S/C15H24N2O2S.ClH/c1-5-19-12-8-15(16,14(12,3)4)13(18)17-9-11-10(2)6-7-20-11;/h6-7,12H,5,8-9,16H2,1-4H3,(H,17,18);1H. The van der Waals surface area contributed by atoms with Gasteiger partial charge in [0.05, 0.1) is 12.6 Å². The molecule has 2 unspecified atom stereocenters. The summed E-state index contributed by atoms with van der Waals surface area (Å²) in [7, 11) is 0. The number of hydrogen-bond donors (Lipinski definition) is 2. The Morgan fingerprint density at radius 2 is 2.24 bits per heavy atom. The minimum atomic E-state index is -0.835. The van der Waals surface area contributed by atoms with E-state index < -0.39 is 5.54 Å². The highest BCUT2D eigenvalue weighted by Crippen LogP contribution is 2.49. The summed E-state index contributed by atoms with van der Waals surface area (Å²) in [5.41, 5.74) is 6.37. The second-order valence-corrected chi connectivity index (χ2v) is 7.05. The first-order valence-electron chi connectivity index (χ1n) is 7.04. The van der Waals surface area contributed by atoms with E-state index in [9.17, 15) is 4.79 Å². The first-order valence-corrected chi connectivity index (χ1v) is 7.92. The Morgan fingerprint density at radius 3 is 2.71 bits per heavy atom. The van der Waals surface area contributed by atoms with Crippen molar-refractivity contribution in [2.24, 2.45) is 11.1 Å². The van der Waals surface area contributed by atoms with Gasteiger partial charge in [-0.05, 0) is 30.9 Å². The summed E-state index contributed by atoms with van der Waals surface area (Å²) in [6, 6.07) is 2.06. The summed E-state index contributed by atoms with van der Waals surface area (Å²) in [6.07, 6.45) is 0.648. The Kier molecular flexibility index (Phi) is 5.83. The Labute approximate surface area is 136 Å². The molecule has 1 aromatic rings. The molecule has 0 bridgehead atoms. The maximum absolute atomic E-state index is 12.4. The lowest BCUT2D eigenvalue weighted by atomic mass is 9.54. The zero-order chi connectivity index (χ0) is 15.0. The van der Waals surface area contributed by atoms with E-state index in [1.165, 1.54) is 10.4 Å². The van der Waals surface area contributed by atoms with Gasteiger partial charge in [0.2, 0.25) is 5.91 Å². The van der Waals surface area contributed by atoms with Gasteiger partial charge in [-0.1, -0.05) is 13.8 Å². The Hall–Kier alpha value is -0.620. The van der Waals surface area contributed by atoms with Crippen molar-refractivity contribution in [3.63, 3.8) is 0 Å². The molecule has 2 rings (SSSR count). The van der Waals surface area contributed by atoms with Crippen molar-refractivity contribution in [1.82, 2.24) is 5.32 Å². The average Bonchev–Trinajstić information content (AvgIpc) is 2.81. The first-order chi connectivity index (χ1) is 9.33. The number of nitrogens with one attached hydrogen (secondary N) is 1. The molecule has 0 aliphatic heterocycles. The van der Waals surface area contributed by atoms with E-state index in [2.05, 4.69) is 18.3 Å². The molecule has 1 saturated carbocycles. The van der Waals surface area contributed by atoms with Crippen LogP contribution in [0.15, 0.2) is 11.4 Å². The van der Waals surface area contributed by atoms with Crippen LogP contribution in [0.25, 0.3) is 0 Å². The number of aryl methyl sites for hydroxylation is 1. The third-order valence-corrected chi connectivity index (χ3v) is 5.64. The molecule has 1 aromatic heterocycles. The monoisotopic (exact) mass is 332 g/mol. The number of halogens is 1. The highest BCUT2D eigenvalue weighted by molar-refractivity contribution is 7.10. The van der Waals surface area contributed by atoms with Crippen molar-refractivity contribution in [1.29, 1.82) is 0 Å². The fourth-order valence-corrected chi connectivity index (χ4v) is 3.57. The van der Waals surface area contributed by atoms with Crippen LogP contribution in [0.1, 0.15) is 37.6 Å². The van der Waals surface area contributed by atoms with E-state index in [4.69, 9.17) is 10.5 Å². The average molecular weight is 333 g/mol. The van der Waals surface area contributed by atoms with E-state index in [0.29, 0.717) is 19.6 Å². The SMILES string of the molecule is CCOC1CC(N)(C(=O)NCc2sccc2C)C1(C)C.Cl. The molecule has 1 amide bonds. The number of thiophene rings is 1. The molecular weight excluding hydrogens is 308 g/mol. The first kappa shape index (κ1) is 18.4. The fraction of sp³-hybridized carbons (Fsp3) is 0.667. The van der Waals surface area contributed by atoms with Gasteiger partial charge in [0, 0.05) is 23.3 Å². The molecule has 2 atom stereocenters. The van der Waals surface area contributed by atoms with Crippen LogP contribution in [0.2, 0.25) is 0 Å². The third-order valence-electron chi connectivity index (χ3n) is 4.61. The lowest BCUT2D eigenvalue weighted by molar-refractivity contribution is -0.170. The highest BCUT2D eigenvalue weighted by atomic mass is 35.5. The van der Waals surface area contributed by atoms with Crippen LogP contribution < -0.4 is 11.1 Å². The number of carbonyl (C=O) groups is 1. The molecule has 4 nitrogen and oxygen atoms in total. The number of hydrogen-bond acceptors (Lipinski definition) is 4. The predicted octanol–water partition coefficient (Wildman–Crippen LogP) is 2.63. The van der Waals surface area contributed by atoms with E-state index in [0.717, 1.165) is 0 Å². The van der Waals surface area contributed by atoms with Gasteiger partial charge < -0.3 is 15.8 Å². The summed E-state index contributed by atoms with van der Waals surface area (Å²) in [5, 5.41) is 5.01. The van der Waals surface area contributed by atoms with E-state index >= 15 is 0 Å². The topological polar surface area (TPSA) is 64.3 Å². The summed E-state index contributed by atoms with van der Waals surface area (Å²) < 4.78 is 5.65. The molecule has 1 heterocycles. The second kappa shape index (κ2) is 6.65. The van der Waals surface area contributed by atoms with E-state index in [1.54, 1.807) is 11.3 Å². The minimum Gasteiger partial charge on any atom is -0.378 e. The number of amides is 1. The van der Waals surface area contributed by atoms with E-state index in [-0.39, 0.29) is 29.8 Å². The third kappa shape index (κ3) is 3.11. The van der Waals surface area contributed by atoms with Crippen molar-refractivity contribution >= 4 is 29.7 Å². The lowest BCUT2D eigenvalue weighted by Gasteiger charge is -2.57. The zero-order valence-electron chi connectivity index (χ0n) is 13.1. The van der Waals surface area contributed by atoms with Gasteiger partial charge in [-0.25, -0.2) is 0 Å². The molecule has 1 aliphatic rings. The van der Waals surface area contributed by atoms with E-state index in [1.807, 2.05) is 26.2 Å². The molecule has 0 aromatic carbocycles. The number of carbonyl (C=O) groups excluding carboxylic acids is 1. The van der Waals surface area contributed by atoms with Gasteiger partial charge >= 0.3 is 0 Å². The Balaban J connectivity index is 0.00000220. The molecule has 0 saturated heterocycles. The van der Waals surface area contributed by atoms with Crippen LogP contribution in [-0.4, -0.2) is 24.2 Å². The van der Waals surface area contributed by atoms with Crippen LogP contribution in [0.3, 0.4) is 0 Å². The molecule has 1 aliphatic carbocycles. The minimum absolute atomic E-state index is 0. The lowest BCUT2D eigenvalue weighted by Crippen LogP contribution is -2.75. The number of rotatable bonds is 5. The molecular formula is C15H25ClN2O2S. The quantitative estimate of drug-likeness (QED) is 0.871. The number of nitrogens with two attached hydrogens (primary N) is 1. The van der Waals surface area contributed by atoms with Crippen molar-refractivity contribution in [2.75, 3.05) is 6.61 Å². The van der Waals surface area contributed by atoms with Gasteiger partial charge in [-0.2, -0.15) is 0 Å². The molecule has 0 spiro atoms. The highest BCUT2D eigenvalue weighted by Gasteiger charge is 2.62. The van der Waals surface area contributed by atoms with Crippen LogP contribution in [0, 0.1) is 12.3 Å². The van der Waals surface area contributed by atoms with Crippen LogP contribution >= 0.6 is 23.7 Å². The summed E-state index contributed by atoms with van der Waals surface area (Å²) in [5.74, 6) is -0.0775. The van der Waals surface area contributed by atoms with Crippen LogP contribution in [0.5, 0.6) is 0 Å². The molecule has 120 valence electrons. The van der Waals surface area contributed by atoms with Gasteiger partial charge in [0.15, 0.2) is 0 Å². The number of ether oxygens (including phenoxy) is 1. The maximum Gasteiger partial charge on any atom is 0.241 e. The van der Waals surface area contributed by atoms with Crippen molar-refractivity contribution < 1.29 is 9.53 Å². The predicted molar refractivity (Wildman–Crippen MR) is 88.9 cm³/mol. The zero-order valence-corrected chi connectivity index (χ0v) is 14.7. The molecule has 3 N–H and O–H groups in total. The largest absolute Gasteiger partial charge is 0.378 e. The van der Waals surface area contributed by atoms with Gasteiger partial charge in [0.1, 0.15) is 5.54 Å². The fourth-order valence-electron chi connectivity index (χ4n) is 2.72. The van der Waals surface area contributed by atoms with Gasteiger partial charge in [-0.3, -0.25) is 4.79 Å². The van der Waals surface area contributed by atoms with Gasteiger partial charge in [0.25, 0.3) is 0 Å². The van der Waals surface area contributed by atoms with Crippen LogP contribution in [-0.2, 0) is 16.1 Å². The molecule has 0 radical (unpaired) electrons. The summed E-state index contributed by atoms with van der Waals surface area (Å²) >= 11 is 1.66. The molecule has 1 fully saturated rings. The summed E-state index contributed by atoms with van der Waals surface area (Å²) in [4.78, 5) is 13.6. The van der Waals surface area contributed by atoms with Crippen molar-refractivity contribution in [3.05, 3.63) is 21.9 Å². The Bertz CT molecular complexity index is 504. The van der Waals surface area contributed by atoms with Crippen LogP contribution in [0.4, 0.5) is 0 Å². The normalized spacial score (nSPS) is 26.6. The summed E-state index contributed by atoms with van der Waals surface area (Å²) in [6.45, 7) is 9.23. The smallest absolute Gasteiger partial charge is 0.241 e. The van der Waals surface area contributed by atoms with Crippen molar-refractivity contribution in [2.45, 2.75) is 52.3 Å². The molecule has 6 heteroatoms. The second-order valence-electron chi connectivity index (χ2n) is 6.05. The Morgan fingerprint density at radius 1 is 1.57 bits per heavy atom. The maximum atomic E-state index is 12.4. The molecule has 21 heavy (non-hydrogen) atoms. The van der Waals surface area contributed by atoms with Gasteiger partial charge in [-0.15, -0.1) is 23.7 Å². The van der Waals surface area contributed by atoms with Crippen molar-refractivity contribution in [3.8, 4) is 0 Å².